The van der Waals surface area contributed by atoms with Gasteiger partial charge in [-0.15, -0.1) is 0 Å². The van der Waals surface area contributed by atoms with Gasteiger partial charge in [0, 0.05) is 31.9 Å². The van der Waals surface area contributed by atoms with Crippen molar-refractivity contribution in [2.24, 2.45) is 0 Å². The first-order valence-electron chi connectivity index (χ1n) is 8.55. The molecule has 0 radical (unpaired) electrons. The number of halogens is 1. The van der Waals surface area contributed by atoms with Crippen molar-refractivity contribution >= 4 is 35.3 Å². The second-order valence-corrected chi connectivity index (χ2v) is 6.19. The standard InChI is InChI=1S/C17H23ClN4O4/c1-2-6-19-15(23)13-5-4-12(11-14(13)18)21-16(24)20-7-9-22-8-3-10-26-17(22)25/h4-5,11H,2-3,6-10H2,1H3,(H,19,23)(H2,20,21,24). The van der Waals surface area contributed by atoms with E-state index in [9.17, 15) is 14.4 Å². The largest absolute Gasteiger partial charge is 0.449 e. The molecule has 0 spiro atoms. The fourth-order valence-corrected chi connectivity index (χ4v) is 2.66. The molecule has 2 rings (SSSR count). The van der Waals surface area contributed by atoms with Gasteiger partial charge in [-0.25, -0.2) is 9.59 Å². The van der Waals surface area contributed by atoms with Crippen molar-refractivity contribution in [3.05, 3.63) is 28.8 Å². The Morgan fingerprint density at radius 1 is 1.27 bits per heavy atom. The maximum Gasteiger partial charge on any atom is 0.409 e. The first-order valence-corrected chi connectivity index (χ1v) is 8.93. The third-order valence-electron chi connectivity index (χ3n) is 3.73. The van der Waals surface area contributed by atoms with Gasteiger partial charge < -0.3 is 25.6 Å². The number of nitrogens with zero attached hydrogens (tertiary/aromatic N) is 1. The molecule has 3 N–H and O–H groups in total. The second-order valence-electron chi connectivity index (χ2n) is 5.79. The normalized spacial score (nSPS) is 13.8. The minimum atomic E-state index is -0.422. The predicted octanol–water partition coefficient (Wildman–Crippen LogP) is 2.44. The minimum Gasteiger partial charge on any atom is -0.449 e. The summed E-state index contributed by atoms with van der Waals surface area (Å²) in [4.78, 5) is 36.9. The van der Waals surface area contributed by atoms with E-state index in [4.69, 9.17) is 16.3 Å². The van der Waals surface area contributed by atoms with Crippen LogP contribution in [0.15, 0.2) is 18.2 Å². The highest BCUT2D eigenvalue weighted by molar-refractivity contribution is 6.34. The fraction of sp³-hybridized carbons (Fsp3) is 0.471. The molecule has 1 aromatic carbocycles. The topological polar surface area (TPSA) is 99.8 Å². The van der Waals surface area contributed by atoms with Crippen molar-refractivity contribution in [3.8, 4) is 0 Å². The van der Waals surface area contributed by atoms with Crippen LogP contribution in [0.25, 0.3) is 0 Å². The molecule has 9 heteroatoms. The van der Waals surface area contributed by atoms with Gasteiger partial charge in [0.25, 0.3) is 5.91 Å². The average molecular weight is 383 g/mol. The van der Waals surface area contributed by atoms with Crippen LogP contribution >= 0.6 is 11.6 Å². The maximum absolute atomic E-state index is 11.9. The second kappa shape index (κ2) is 9.86. The number of carbonyl (C=O) groups excluding carboxylic acids is 3. The van der Waals surface area contributed by atoms with Gasteiger partial charge in [-0.3, -0.25) is 4.79 Å². The van der Waals surface area contributed by atoms with E-state index in [0.717, 1.165) is 12.8 Å². The molecule has 1 aliphatic rings. The molecular weight excluding hydrogens is 360 g/mol. The smallest absolute Gasteiger partial charge is 0.409 e. The fourth-order valence-electron chi connectivity index (χ4n) is 2.39. The monoisotopic (exact) mass is 382 g/mol. The van der Waals surface area contributed by atoms with Crippen LogP contribution in [-0.2, 0) is 4.74 Å². The summed E-state index contributed by atoms with van der Waals surface area (Å²) in [6, 6.07) is 4.26. The van der Waals surface area contributed by atoms with Gasteiger partial charge >= 0.3 is 12.1 Å². The lowest BCUT2D eigenvalue weighted by molar-refractivity contribution is 0.0735. The molecule has 142 valence electrons. The van der Waals surface area contributed by atoms with Gasteiger partial charge in [-0.1, -0.05) is 18.5 Å². The first-order chi connectivity index (χ1) is 12.5. The molecule has 4 amide bonds. The van der Waals surface area contributed by atoms with Gasteiger partial charge in [0.15, 0.2) is 0 Å². The van der Waals surface area contributed by atoms with Crippen LogP contribution < -0.4 is 16.0 Å². The zero-order valence-electron chi connectivity index (χ0n) is 14.6. The molecule has 26 heavy (non-hydrogen) atoms. The predicted molar refractivity (Wildman–Crippen MR) is 98.6 cm³/mol. The summed E-state index contributed by atoms with van der Waals surface area (Å²) in [5.41, 5.74) is 0.826. The summed E-state index contributed by atoms with van der Waals surface area (Å²) < 4.78 is 4.92. The third kappa shape index (κ3) is 5.80. The Hall–Kier alpha value is -2.48. The van der Waals surface area contributed by atoms with Crippen molar-refractivity contribution < 1.29 is 19.1 Å². The van der Waals surface area contributed by atoms with Crippen LogP contribution in [0, 0.1) is 0 Å². The van der Waals surface area contributed by atoms with Gasteiger partial charge in [-0.05, 0) is 31.0 Å². The van der Waals surface area contributed by atoms with E-state index in [1.165, 1.54) is 6.07 Å². The van der Waals surface area contributed by atoms with Crippen LogP contribution in [0.2, 0.25) is 5.02 Å². The quantitative estimate of drug-likeness (QED) is 0.674. The van der Waals surface area contributed by atoms with Crippen molar-refractivity contribution in [2.75, 3.05) is 38.1 Å². The maximum atomic E-state index is 11.9. The lowest BCUT2D eigenvalue weighted by atomic mass is 10.2. The molecule has 0 aromatic heterocycles. The van der Waals surface area contributed by atoms with Crippen LogP contribution in [-0.4, -0.2) is 55.7 Å². The number of anilines is 1. The zero-order valence-corrected chi connectivity index (χ0v) is 15.4. The van der Waals surface area contributed by atoms with E-state index in [2.05, 4.69) is 16.0 Å². The molecule has 1 aliphatic heterocycles. The van der Waals surface area contributed by atoms with Crippen LogP contribution in [0.3, 0.4) is 0 Å². The lowest BCUT2D eigenvalue weighted by Gasteiger charge is -2.26. The molecule has 0 aliphatic carbocycles. The van der Waals surface area contributed by atoms with Crippen LogP contribution in [0.4, 0.5) is 15.3 Å². The molecule has 0 unspecified atom stereocenters. The van der Waals surface area contributed by atoms with Crippen molar-refractivity contribution in [1.29, 1.82) is 0 Å². The molecule has 0 saturated carbocycles. The minimum absolute atomic E-state index is 0.249. The van der Waals surface area contributed by atoms with Crippen molar-refractivity contribution in [3.63, 3.8) is 0 Å². The van der Waals surface area contributed by atoms with Gasteiger partial charge in [0.05, 0.1) is 17.2 Å². The van der Waals surface area contributed by atoms with Crippen LogP contribution in [0.1, 0.15) is 30.1 Å². The summed E-state index contributed by atoms with van der Waals surface area (Å²) in [5, 5.41) is 8.31. The Morgan fingerprint density at radius 3 is 2.77 bits per heavy atom. The number of hydrogen-bond acceptors (Lipinski definition) is 4. The van der Waals surface area contributed by atoms with E-state index in [0.29, 0.717) is 44.0 Å². The Bertz CT molecular complexity index is 668. The van der Waals surface area contributed by atoms with E-state index < -0.39 is 6.03 Å². The number of rotatable bonds is 7. The number of urea groups is 1. The van der Waals surface area contributed by atoms with Crippen LogP contribution in [0.5, 0.6) is 0 Å². The average Bonchev–Trinajstić information content (AvgIpc) is 2.61. The van der Waals surface area contributed by atoms with Crippen molar-refractivity contribution in [1.82, 2.24) is 15.5 Å². The summed E-state index contributed by atoms with van der Waals surface area (Å²) in [6.45, 7) is 4.27. The summed E-state index contributed by atoms with van der Waals surface area (Å²) in [7, 11) is 0. The zero-order chi connectivity index (χ0) is 18.9. The highest BCUT2D eigenvalue weighted by atomic mass is 35.5. The van der Waals surface area contributed by atoms with E-state index >= 15 is 0 Å². The van der Waals surface area contributed by atoms with E-state index in [1.807, 2.05) is 6.92 Å². The Kier molecular flexibility index (Phi) is 7.53. The third-order valence-corrected chi connectivity index (χ3v) is 4.04. The molecule has 0 atom stereocenters. The Balaban J connectivity index is 1.80. The van der Waals surface area contributed by atoms with Crippen molar-refractivity contribution in [2.45, 2.75) is 19.8 Å². The Labute approximate surface area is 157 Å². The molecule has 1 heterocycles. The summed E-state index contributed by atoms with van der Waals surface area (Å²) >= 11 is 6.12. The molecular formula is C17H23ClN4O4. The number of amides is 4. The Morgan fingerprint density at radius 2 is 2.08 bits per heavy atom. The number of benzene rings is 1. The number of cyclic esters (lactones) is 1. The van der Waals surface area contributed by atoms with Gasteiger partial charge in [-0.2, -0.15) is 0 Å². The summed E-state index contributed by atoms with van der Waals surface area (Å²) in [6.07, 6.45) is 1.26. The highest BCUT2D eigenvalue weighted by Gasteiger charge is 2.19. The molecule has 1 fully saturated rings. The number of carbonyl (C=O) groups is 3. The number of nitrogens with one attached hydrogen (secondary N) is 3. The molecule has 1 aromatic rings. The van der Waals surface area contributed by atoms with E-state index in [1.54, 1.807) is 17.0 Å². The van der Waals surface area contributed by atoms with Gasteiger partial charge in [0.1, 0.15) is 0 Å². The number of ether oxygens (including phenoxy) is 1. The molecule has 1 saturated heterocycles. The first kappa shape index (κ1) is 19.8. The molecule has 8 nitrogen and oxygen atoms in total. The highest BCUT2D eigenvalue weighted by Crippen LogP contribution is 2.21. The van der Waals surface area contributed by atoms with Gasteiger partial charge in [0.2, 0.25) is 0 Å². The number of hydrogen-bond donors (Lipinski definition) is 3. The summed E-state index contributed by atoms with van der Waals surface area (Å²) in [5.74, 6) is -0.249. The van der Waals surface area contributed by atoms with E-state index in [-0.39, 0.29) is 17.0 Å². The molecule has 0 bridgehead atoms. The SMILES string of the molecule is CCCNC(=O)c1ccc(NC(=O)NCCN2CCCOC2=O)cc1Cl. The lowest BCUT2D eigenvalue weighted by Crippen LogP contribution is -2.43.